The SMILES string of the molecule is O=C(c1cccs1)N1CCCN(c2nc3ccccc3c3nnc(-c4ccccc4Cl)n23)CC1. The molecule has 0 saturated carbocycles. The lowest BCUT2D eigenvalue weighted by Gasteiger charge is -2.24. The van der Waals surface area contributed by atoms with Crippen LogP contribution in [0.2, 0.25) is 5.02 Å². The van der Waals surface area contributed by atoms with Crippen LogP contribution in [0.1, 0.15) is 16.1 Å². The average Bonchev–Trinajstić information content (AvgIpc) is 3.49. The fraction of sp³-hybridized carbons (Fsp3) is 0.200. The van der Waals surface area contributed by atoms with Crippen molar-refractivity contribution < 1.29 is 4.79 Å². The van der Waals surface area contributed by atoms with Crippen LogP contribution in [-0.2, 0) is 0 Å². The summed E-state index contributed by atoms with van der Waals surface area (Å²) in [4.78, 5) is 22.9. The van der Waals surface area contributed by atoms with Gasteiger partial charge in [0.2, 0.25) is 5.95 Å². The van der Waals surface area contributed by atoms with Crippen LogP contribution in [0.3, 0.4) is 0 Å². The average molecular weight is 489 g/mol. The lowest BCUT2D eigenvalue weighted by Crippen LogP contribution is -2.35. The molecule has 34 heavy (non-hydrogen) atoms. The minimum atomic E-state index is 0.0921. The number of nitrogens with zero attached hydrogens (tertiary/aromatic N) is 6. The lowest BCUT2D eigenvalue weighted by atomic mass is 10.2. The summed E-state index contributed by atoms with van der Waals surface area (Å²) >= 11 is 8.03. The van der Waals surface area contributed by atoms with Gasteiger partial charge in [0.1, 0.15) is 0 Å². The summed E-state index contributed by atoms with van der Waals surface area (Å²) < 4.78 is 2.00. The van der Waals surface area contributed by atoms with Crippen molar-refractivity contribution in [3.05, 3.63) is 75.9 Å². The van der Waals surface area contributed by atoms with E-state index >= 15 is 0 Å². The highest BCUT2D eigenvalue weighted by Gasteiger charge is 2.25. The third kappa shape index (κ3) is 3.59. The van der Waals surface area contributed by atoms with Crippen LogP contribution in [0.5, 0.6) is 0 Å². The number of rotatable bonds is 3. The van der Waals surface area contributed by atoms with Crippen molar-refractivity contribution in [1.82, 2.24) is 24.5 Å². The van der Waals surface area contributed by atoms with Crippen LogP contribution in [0.4, 0.5) is 5.95 Å². The molecule has 2 aromatic carbocycles. The maximum atomic E-state index is 12.9. The van der Waals surface area contributed by atoms with Gasteiger partial charge in [-0.25, -0.2) is 9.38 Å². The summed E-state index contributed by atoms with van der Waals surface area (Å²) in [6, 6.07) is 19.4. The van der Waals surface area contributed by atoms with Gasteiger partial charge in [0.15, 0.2) is 11.5 Å². The molecular formula is C25H21ClN6OS. The minimum Gasteiger partial charge on any atom is -0.340 e. The van der Waals surface area contributed by atoms with E-state index in [2.05, 4.69) is 15.1 Å². The number of hydrogen-bond acceptors (Lipinski definition) is 6. The molecule has 5 aromatic rings. The molecule has 1 fully saturated rings. The molecule has 7 nitrogen and oxygen atoms in total. The van der Waals surface area contributed by atoms with Gasteiger partial charge in [0, 0.05) is 37.1 Å². The van der Waals surface area contributed by atoms with Crippen LogP contribution in [0.15, 0.2) is 66.0 Å². The molecule has 170 valence electrons. The first kappa shape index (κ1) is 21.1. The summed E-state index contributed by atoms with van der Waals surface area (Å²) in [5, 5.41) is 12.6. The van der Waals surface area contributed by atoms with E-state index in [4.69, 9.17) is 16.6 Å². The van der Waals surface area contributed by atoms with Gasteiger partial charge in [-0.05, 0) is 42.1 Å². The number of halogens is 1. The number of aromatic nitrogens is 4. The quantitative estimate of drug-likeness (QED) is 0.357. The number of benzene rings is 2. The number of thiophene rings is 1. The number of para-hydroxylation sites is 1. The molecule has 1 saturated heterocycles. The third-order valence-electron chi connectivity index (χ3n) is 6.14. The molecule has 3 aromatic heterocycles. The van der Waals surface area contributed by atoms with Gasteiger partial charge >= 0.3 is 0 Å². The van der Waals surface area contributed by atoms with Gasteiger partial charge in [-0.2, -0.15) is 0 Å². The van der Waals surface area contributed by atoms with Gasteiger partial charge < -0.3 is 9.80 Å². The Labute approximate surface area is 205 Å². The predicted octanol–water partition coefficient (Wildman–Crippen LogP) is 5.01. The number of hydrogen-bond donors (Lipinski definition) is 0. The Balaban J connectivity index is 1.45. The normalized spacial score (nSPS) is 14.6. The van der Waals surface area contributed by atoms with Gasteiger partial charge in [-0.1, -0.05) is 41.9 Å². The van der Waals surface area contributed by atoms with E-state index in [1.165, 1.54) is 11.3 Å². The van der Waals surface area contributed by atoms with Gasteiger partial charge in [0.05, 0.1) is 15.4 Å². The van der Waals surface area contributed by atoms with Gasteiger partial charge in [-0.15, -0.1) is 21.5 Å². The van der Waals surface area contributed by atoms with Crippen molar-refractivity contribution in [3.8, 4) is 11.4 Å². The Kier molecular flexibility index (Phi) is 5.39. The first-order chi connectivity index (χ1) is 16.7. The zero-order chi connectivity index (χ0) is 23.1. The summed E-state index contributed by atoms with van der Waals surface area (Å²) in [6.07, 6.45) is 0.844. The minimum absolute atomic E-state index is 0.0921. The van der Waals surface area contributed by atoms with Crippen LogP contribution >= 0.6 is 22.9 Å². The number of fused-ring (bicyclic) bond motifs is 3. The van der Waals surface area contributed by atoms with E-state index in [1.807, 2.05) is 75.3 Å². The van der Waals surface area contributed by atoms with E-state index < -0.39 is 0 Å². The maximum absolute atomic E-state index is 12.9. The van der Waals surface area contributed by atoms with E-state index in [1.54, 1.807) is 0 Å². The van der Waals surface area contributed by atoms with Crippen molar-refractivity contribution >= 4 is 51.3 Å². The highest BCUT2D eigenvalue weighted by atomic mass is 35.5. The number of anilines is 1. The summed E-state index contributed by atoms with van der Waals surface area (Å²) in [5.41, 5.74) is 2.41. The molecule has 0 spiro atoms. The Morgan fingerprint density at radius 3 is 2.62 bits per heavy atom. The van der Waals surface area contributed by atoms with E-state index in [-0.39, 0.29) is 5.91 Å². The maximum Gasteiger partial charge on any atom is 0.263 e. The zero-order valence-electron chi connectivity index (χ0n) is 18.3. The van der Waals surface area contributed by atoms with Gasteiger partial charge in [-0.3, -0.25) is 4.79 Å². The molecule has 0 radical (unpaired) electrons. The predicted molar refractivity (Wildman–Crippen MR) is 136 cm³/mol. The van der Waals surface area contributed by atoms with Crippen LogP contribution in [0, 0.1) is 0 Å². The zero-order valence-corrected chi connectivity index (χ0v) is 19.8. The summed E-state index contributed by atoms with van der Waals surface area (Å²) in [5.74, 6) is 1.51. The van der Waals surface area contributed by atoms with Crippen LogP contribution < -0.4 is 4.90 Å². The lowest BCUT2D eigenvalue weighted by molar-refractivity contribution is 0.0772. The van der Waals surface area contributed by atoms with Crippen LogP contribution in [-0.4, -0.2) is 56.6 Å². The molecular weight excluding hydrogens is 468 g/mol. The molecule has 0 unspecified atom stereocenters. The molecule has 0 atom stereocenters. The first-order valence-electron chi connectivity index (χ1n) is 11.2. The number of amides is 1. The second-order valence-corrected chi connectivity index (χ2v) is 9.56. The van der Waals surface area contributed by atoms with Crippen LogP contribution in [0.25, 0.3) is 27.9 Å². The molecule has 4 heterocycles. The van der Waals surface area contributed by atoms with Crippen molar-refractivity contribution in [2.24, 2.45) is 0 Å². The molecule has 1 aliphatic heterocycles. The van der Waals surface area contributed by atoms with E-state index in [9.17, 15) is 4.79 Å². The third-order valence-corrected chi connectivity index (χ3v) is 7.33. The molecule has 1 aliphatic rings. The monoisotopic (exact) mass is 488 g/mol. The summed E-state index contributed by atoms with van der Waals surface area (Å²) in [6.45, 7) is 2.77. The molecule has 0 N–H and O–H groups in total. The highest BCUT2D eigenvalue weighted by molar-refractivity contribution is 7.12. The summed E-state index contributed by atoms with van der Waals surface area (Å²) in [7, 11) is 0. The van der Waals surface area contributed by atoms with E-state index in [0.29, 0.717) is 30.5 Å². The number of carbonyl (C=O) groups excluding carboxylic acids is 1. The largest absolute Gasteiger partial charge is 0.340 e. The van der Waals surface area contributed by atoms with Crippen molar-refractivity contribution in [2.75, 3.05) is 31.1 Å². The molecule has 1 amide bonds. The van der Waals surface area contributed by atoms with Crippen molar-refractivity contribution in [1.29, 1.82) is 0 Å². The molecule has 0 bridgehead atoms. The Morgan fingerprint density at radius 1 is 0.912 bits per heavy atom. The second-order valence-electron chi connectivity index (χ2n) is 8.20. The fourth-order valence-electron chi connectivity index (χ4n) is 4.47. The van der Waals surface area contributed by atoms with Gasteiger partial charge in [0.25, 0.3) is 5.91 Å². The Morgan fingerprint density at radius 2 is 1.76 bits per heavy atom. The standard InChI is InChI=1S/C25H21ClN6OS/c26-19-9-3-1-7-17(19)22-28-29-23-18-8-2-4-10-20(18)27-25(32(22)23)31-13-6-12-30(14-15-31)24(33)21-11-5-16-34-21/h1-5,7-11,16H,6,12-15H2. The highest BCUT2D eigenvalue weighted by Crippen LogP contribution is 2.32. The Hall–Kier alpha value is -3.49. The van der Waals surface area contributed by atoms with E-state index in [0.717, 1.165) is 45.9 Å². The molecule has 0 aliphatic carbocycles. The van der Waals surface area contributed by atoms with Crippen molar-refractivity contribution in [3.63, 3.8) is 0 Å². The Bertz CT molecular complexity index is 1500. The topological polar surface area (TPSA) is 66.6 Å². The smallest absolute Gasteiger partial charge is 0.263 e. The molecule has 9 heteroatoms. The first-order valence-corrected chi connectivity index (χ1v) is 12.4. The van der Waals surface area contributed by atoms with Crippen molar-refractivity contribution in [2.45, 2.75) is 6.42 Å². The molecule has 6 rings (SSSR count). The fourth-order valence-corrected chi connectivity index (χ4v) is 5.38. The second kappa shape index (κ2) is 8.70. The number of carbonyl (C=O) groups is 1.